The van der Waals surface area contributed by atoms with Crippen LogP contribution in [0.1, 0.15) is 119 Å². The Bertz CT molecular complexity index is 4540. The first-order valence-corrected chi connectivity index (χ1v) is 28.3. The molecule has 0 bridgehead atoms. The number of para-hydroxylation sites is 3. The molecule has 2 aromatic heterocycles. The van der Waals surface area contributed by atoms with Crippen LogP contribution in [-0.2, 0) is 42.7 Å². The molecule has 0 saturated carbocycles. The molecule has 0 N–H and O–H groups in total. The standard InChI is InChI=1S/C77H73N4O.Pt/c1-50-40-72(78-48-67(50)55-24-20-27-58(43-55)76(8,9)10)81-68-31-15-14-30-63(68)64-39-38-62(47-71(64)81)82-61-29-21-28-60(46-61)79-49-80(70-33-17-16-32-69(70)79)73-65(52-36-34-51(35-37-52)53-22-18-25-56(41-53)74(2,3)4)44-59(77(11,12)13)45-66(73)54-23-19-26-57(42-54)75(5,6)7;/h14-45,48-49H,1-13H3;/q-3;/i1D3,21D,28D,29D;. The largest absolute Gasteiger partial charge is 0.509 e. The van der Waals surface area contributed by atoms with Crippen molar-refractivity contribution in [3.8, 4) is 61.8 Å². The third kappa shape index (κ3) is 11.1. The molecule has 0 saturated heterocycles. The molecule has 0 radical (unpaired) electrons. The maximum Gasteiger partial charge on any atom is 0.135 e. The van der Waals surface area contributed by atoms with Crippen LogP contribution >= 0.6 is 0 Å². The molecule has 83 heavy (non-hydrogen) atoms. The van der Waals surface area contributed by atoms with Crippen molar-refractivity contribution in [2.24, 2.45) is 0 Å². The van der Waals surface area contributed by atoms with Crippen molar-refractivity contribution in [2.45, 2.75) is 112 Å². The summed E-state index contributed by atoms with van der Waals surface area (Å²) in [7, 11) is 0. The number of pyridine rings is 1. The summed E-state index contributed by atoms with van der Waals surface area (Å²) in [4.78, 5) is 9.05. The first kappa shape index (κ1) is 49.6. The zero-order valence-corrected chi connectivity index (χ0v) is 51.7. The van der Waals surface area contributed by atoms with Crippen LogP contribution < -0.4 is 14.5 Å². The number of ether oxygens (including phenoxy) is 1. The van der Waals surface area contributed by atoms with Crippen LogP contribution in [0.5, 0.6) is 11.5 Å². The monoisotopic (exact) mass is 1270 g/mol. The topological polar surface area (TPSA) is 33.5 Å². The Morgan fingerprint density at radius 1 is 0.482 bits per heavy atom. The van der Waals surface area contributed by atoms with Crippen molar-refractivity contribution >= 4 is 44.6 Å². The maximum atomic E-state index is 9.59. The summed E-state index contributed by atoms with van der Waals surface area (Å²) in [6.07, 6.45) is 1.65. The minimum Gasteiger partial charge on any atom is -0.509 e. The fourth-order valence-corrected chi connectivity index (χ4v) is 11.1. The molecule has 1 aliphatic heterocycles. The molecular weight excluding hydrogens is 1190 g/mol. The van der Waals surface area contributed by atoms with Gasteiger partial charge in [-0.15, -0.1) is 48.0 Å². The number of benzene rings is 9. The SMILES string of the molecule is [2H]c1c(Oc2[c-]c3c(cc2)c2ccccc2n3-c2cc(C([2H])([2H])[2H])c(-c3cccc(C(C)(C)C)c3)cn2)[c-]c(N2[CH-]N(c3c(-c4ccc(-c5cccc(C(C)(C)C)c5)cc4)cc(C(C)(C)C)cc3-c3cccc(C(C)(C)C)c3)c3ccccc32)c([2H])c1[2H].[Pt]. The molecule has 3 heterocycles. The molecule has 0 spiro atoms. The van der Waals surface area contributed by atoms with Gasteiger partial charge in [-0.05, 0) is 129 Å². The zero-order chi connectivity index (χ0) is 62.6. The molecule has 0 amide bonds. The first-order valence-electron chi connectivity index (χ1n) is 31.3. The maximum absolute atomic E-state index is 9.59. The van der Waals surface area contributed by atoms with E-state index in [1.165, 1.54) is 16.7 Å². The van der Waals surface area contributed by atoms with Gasteiger partial charge in [-0.1, -0.05) is 216 Å². The van der Waals surface area contributed by atoms with Crippen LogP contribution in [0, 0.1) is 25.7 Å². The second-order valence-corrected chi connectivity index (χ2v) is 25.9. The molecule has 0 aliphatic carbocycles. The fraction of sp³-hybridized carbons (Fsp3) is 0.221. The first-order chi connectivity index (χ1) is 41.5. The van der Waals surface area contributed by atoms with E-state index in [1.54, 1.807) is 18.3 Å². The Labute approximate surface area is 515 Å². The molecular formula is C77H73N4OPt-3. The molecule has 12 rings (SSSR count). The number of nitrogens with zero attached hydrogens (tertiary/aromatic N) is 4. The Morgan fingerprint density at radius 2 is 1.04 bits per heavy atom. The van der Waals surface area contributed by atoms with Gasteiger partial charge in [-0.2, -0.15) is 12.1 Å². The van der Waals surface area contributed by atoms with Crippen molar-refractivity contribution in [3.05, 3.63) is 247 Å². The van der Waals surface area contributed by atoms with Crippen molar-refractivity contribution in [2.75, 3.05) is 9.80 Å². The van der Waals surface area contributed by atoms with Gasteiger partial charge >= 0.3 is 0 Å². The molecule has 6 heteroatoms. The average molecular weight is 1270 g/mol. The Morgan fingerprint density at radius 3 is 1.66 bits per heavy atom. The van der Waals surface area contributed by atoms with E-state index in [0.29, 0.717) is 16.9 Å². The van der Waals surface area contributed by atoms with Gasteiger partial charge in [-0.3, -0.25) is 0 Å². The summed E-state index contributed by atoms with van der Waals surface area (Å²) in [5, 5.41) is 1.72. The Hall–Kier alpha value is -7.98. The average Bonchev–Trinajstić information content (AvgIpc) is 1.66. The summed E-state index contributed by atoms with van der Waals surface area (Å²) in [5.41, 5.74) is 16.2. The summed E-state index contributed by atoms with van der Waals surface area (Å²) < 4.78 is 63.2. The molecule has 0 atom stereocenters. The van der Waals surface area contributed by atoms with E-state index in [1.807, 2.05) is 82.9 Å². The Kier molecular flexibility index (Phi) is 12.9. The van der Waals surface area contributed by atoms with E-state index >= 15 is 0 Å². The normalized spacial score (nSPS) is 14.1. The minimum absolute atomic E-state index is 0. The van der Waals surface area contributed by atoms with Crippen molar-refractivity contribution in [1.82, 2.24) is 9.55 Å². The Balaban J connectivity index is 0.00000817. The van der Waals surface area contributed by atoms with Gasteiger partial charge in [0.1, 0.15) is 5.82 Å². The van der Waals surface area contributed by atoms with Crippen LogP contribution in [0.4, 0.5) is 22.7 Å². The number of aryl methyl sites for hydroxylation is 1. The summed E-state index contributed by atoms with van der Waals surface area (Å²) in [6.45, 7) is 26.1. The van der Waals surface area contributed by atoms with Gasteiger partial charge < -0.3 is 19.1 Å². The molecule has 5 nitrogen and oxygen atoms in total. The molecule has 420 valence electrons. The minimum atomic E-state index is -2.48. The number of hydrogen-bond donors (Lipinski definition) is 0. The molecule has 9 aromatic carbocycles. The second kappa shape index (κ2) is 21.6. The third-order valence-electron chi connectivity index (χ3n) is 15.9. The van der Waals surface area contributed by atoms with E-state index in [2.05, 4.69) is 197 Å². The van der Waals surface area contributed by atoms with Crippen molar-refractivity contribution < 1.29 is 34.0 Å². The van der Waals surface area contributed by atoms with Crippen LogP contribution in [0.2, 0.25) is 0 Å². The molecule has 0 fully saturated rings. The van der Waals surface area contributed by atoms with Gasteiger partial charge in [0, 0.05) is 83.5 Å². The molecule has 0 unspecified atom stereocenters. The van der Waals surface area contributed by atoms with Crippen LogP contribution in [0.25, 0.3) is 72.1 Å². The van der Waals surface area contributed by atoms with Crippen molar-refractivity contribution in [3.63, 3.8) is 0 Å². The predicted molar refractivity (Wildman–Crippen MR) is 346 cm³/mol. The van der Waals surface area contributed by atoms with Crippen LogP contribution in [0.15, 0.2) is 200 Å². The fourth-order valence-electron chi connectivity index (χ4n) is 11.1. The number of aromatic nitrogens is 2. The van der Waals surface area contributed by atoms with Gasteiger partial charge in [-0.25, -0.2) is 4.98 Å². The number of anilines is 4. The number of rotatable bonds is 9. The predicted octanol–water partition coefficient (Wildman–Crippen LogP) is 21.1. The van der Waals surface area contributed by atoms with Crippen molar-refractivity contribution in [1.29, 1.82) is 0 Å². The van der Waals surface area contributed by atoms with E-state index in [9.17, 15) is 4.11 Å². The van der Waals surface area contributed by atoms with E-state index in [0.717, 1.165) is 77.9 Å². The van der Waals surface area contributed by atoms with Crippen LogP contribution in [-0.4, -0.2) is 9.55 Å². The third-order valence-corrected chi connectivity index (χ3v) is 15.9. The zero-order valence-electron chi connectivity index (χ0n) is 55.4. The van der Waals surface area contributed by atoms with E-state index < -0.39 is 6.85 Å². The van der Waals surface area contributed by atoms with E-state index in [4.69, 9.17) is 13.8 Å². The molecule has 1 aliphatic rings. The van der Waals surface area contributed by atoms with Gasteiger partial charge in [0.2, 0.25) is 0 Å². The van der Waals surface area contributed by atoms with Gasteiger partial charge in [0.05, 0.1) is 0 Å². The van der Waals surface area contributed by atoms with Gasteiger partial charge in [0.25, 0.3) is 0 Å². The summed E-state index contributed by atoms with van der Waals surface area (Å²) >= 11 is 0. The van der Waals surface area contributed by atoms with E-state index in [-0.39, 0.29) is 83.6 Å². The van der Waals surface area contributed by atoms with Gasteiger partial charge in [0.15, 0.2) is 0 Å². The summed E-state index contributed by atoms with van der Waals surface area (Å²) in [6, 6.07) is 66.4. The number of fused-ring (bicyclic) bond motifs is 4. The number of hydrogen-bond acceptors (Lipinski definition) is 4. The molecule has 11 aromatic rings. The summed E-state index contributed by atoms with van der Waals surface area (Å²) in [5.74, 6) is 0.546. The quantitative estimate of drug-likeness (QED) is 0.135. The van der Waals surface area contributed by atoms with Crippen LogP contribution in [0.3, 0.4) is 0 Å². The smallest absolute Gasteiger partial charge is 0.135 e. The second-order valence-electron chi connectivity index (χ2n) is 25.9.